The van der Waals surface area contributed by atoms with Crippen LogP contribution in [0.4, 0.5) is 0 Å². The number of rotatable bonds is 6. The van der Waals surface area contributed by atoms with E-state index in [1.54, 1.807) is 0 Å². The van der Waals surface area contributed by atoms with Gasteiger partial charge in [-0.25, -0.2) is 0 Å². The van der Waals surface area contributed by atoms with Crippen LogP contribution < -0.4 is 0 Å². The molecule has 4 aliphatic rings. The van der Waals surface area contributed by atoms with Crippen molar-refractivity contribution < 1.29 is 101 Å². The first-order chi connectivity index (χ1) is 20.0. The number of aliphatic hydroxyl groups is 14. The molecule has 4 rings (SSSR count). The molecular weight excluding hydrogens is 608 g/mol. The molecule has 260 valence electrons. The minimum absolute atomic E-state index is 0. The van der Waals surface area contributed by atoms with E-state index in [0.717, 1.165) is 0 Å². The Labute approximate surface area is 249 Å². The largest absolute Gasteiger partial charge is 0.412 e. The smallest absolute Gasteiger partial charge is 0.230 e. The lowest BCUT2D eigenvalue weighted by atomic mass is 9.68. The molecule has 0 aromatic rings. The van der Waals surface area contributed by atoms with Gasteiger partial charge >= 0.3 is 0 Å². The van der Waals surface area contributed by atoms with Gasteiger partial charge in [-0.3, -0.25) is 0 Å². The molecule has 0 bridgehead atoms. The third kappa shape index (κ3) is 5.79. The van der Waals surface area contributed by atoms with Gasteiger partial charge in [-0.2, -0.15) is 0 Å². The Bertz CT molecular complexity index is 945. The fourth-order valence-corrected chi connectivity index (χ4v) is 6.15. The third-order valence-electron chi connectivity index (χ3n) is 8.88. The summed E-state index contributed by atoms with van der Waals surface area (Å²) < 4.78 is 27.5. The minimum Gasteiger partial charge on any atom is -0.412 e. The normalized spacial score (nSPS) is 57.0. The highest BCUT2D eigenvalue weighted by molar-refractivity contribution is 5.19. The number of ether oxygens (including phenoxy) is 5. The molecule has 4 heterocycles. The molecule has 0 spiro atoms. The van der Waals surface area contributed by atoms with Crippen LogP contribution in [0, 0.1) is 0 Å². The van der Waals surface area contributed by atoms with Gasteiger partial charge in [-0.1, -0.05) is 0 Å². The maximum Gasteiger partial charge on any atom is 0.230 e. The van der Waals surface area contributed by atoms with Crippen LogP contribution >= 0.6 is 0 Å². The highest BCUT2D eigenvalue weighted by Gasteiger charge is 2.75. The third-order valence-corrected chi connectivity index (χ3v) is 8.88. The molecular formula is C24H44O20. The lowest BCUT2D eigenvalue weighted by Crippen LogP contribution is -2.85. The van der Waals surface area contributed by atoms with Gasteiger partial charge in [0.2, 0.25) is 5.79 Å². The number of aliphatic hydroxyl groups excluding tert-OH is 12. The summed E-state index contributed by atoms with van der Waals surface area (Å²) in [6, 6.07) is 0. The molecule has 0 aliphatic carbocycles. The molecule has 0 aromatic carbocycles. The van der Waals surface area contributed by atoms with Crippen molar-refractivity contribution in [1.82, 2.24) is 0 Å². The van der Waals surface area contributed by atoms with Crippen molar-refractivity contribution in [2.45, 2.75) is 135 Å². The topological polar surface area (TPSA) is 361 Å². The van der Waals surface area contributed by atoms with Gasteiger partial charge in [0.05, 0.1) is 25.4 Å². The zero-order valence-corrected chi connectivity index (χ0v) is 23.6. The van der Waals surface area contributed by atoms with Crippen LogP contribution in [0.3, 0.4) is 0 Å². The maximum absolute atomic E-state index is 12.2. The highest BCUT2D eigenvalue weighted by Crippen LogP contribution is 2.49. The monoisotopic (exact) mass is 652 g/mol. The summed E-state index contributed by atoms with van der Waals surface area (Å²) in [5.74, 6) is -3.47. The zero-order valence-electron chi connectivity index (χ0n) is 23.6. The summed E-state index contributed by atoms with van der Waals surface area (Å²) in [6.07, 6.45) is -35.3. The van der Waals surface area contributed by atoms with Crippen LogP contribution in [0.1, 0.15) is 13.8 Å². The zero-order chi connectivity index (χ0) is 32.3. The molecule has 4 saturated heterocycles. The second-order valence-electron chi connectivity index (χ2n) is 11.6. The quantitative estimate of drug-likeness (QED) is 0.127. The van der Waals surface area contributed by atoms with Crippen LogP contribution in [-0.2, 0) is 23.7 Å². The molecule has 0 aromatic heterocycles. The summed E-state index contributed by atoms with van der Waals surface area (Å²) in [7, 11) is 0. The van der Waals surface area contributed by atoms with Gasteiger partial charge in [-0.05, 0) is 13.8 Å². The number of hydrogen-bond acceptors (Lipinski definition) is 19. The molecule has 20 heteroatoms. The molecule has 3 unspecified atom stereocenters. The first-order valence-electron chi connectivity index (χ1n) is 13.7. The van der Waals surface area contributed by atoms with Crippen LogP contribution in [0.2, 0.25) is 0 Å². The fourth-order valence-electron chi connectivity index (χ4n) is 6.15. The average molecular weight is 653 g/mol. The molecule has 0 radical (unpaired) electrons. The average Bonchev–Trinajstić information content (AvgIpc) is 2.98. The van der Waals surface area contributed by atoms with E-state index in [1.807, 2.05) is 0 Å². The van der Waals surface area contributed by atoms with E-state index < -0.39 is 135 Å². The summed E-state index contributed by atoms with van der Waals surface area (Å²) in [5.41, 5.74) is -3.47. The predicted molar refractivity (Wildman–Crippen MR) is 135 cm³/mol. The van der Waals surface area contributed by atoms with Gasteiger partial charge in [-0.15, -0.1) is 0 Å². The maximum atomic E-state index is 12.2. The van der Waals surface area contributed by atoms with Crippen molar-refractivity contribution in [1.29, 1.82) is 0 Å². The second-order valence-corrected chi connectivity index (χ2v) is 11.6. The van der Waals surface area contributed by atoms with Crippen LogP contribution in [0.15, 0.2) is 0 Å². The van der Waals surface area contributed by atoms with Gasteiger partial charge in [0, 0.05) is 0 Å². The lowest BCUT2D eigenvalue weighted by molar-refractivity contribution is -0.466. The van der Waals surface area contributed by atoms with Crippen molar-refractivity contribution >= 4 is 0 Å². The molecule has 4 aliphatic heterocycles. The van der Waals surface area contributed by atoms with Crippen LogP contribution in [0.25, 0.3) is 0 Å². The van der Waals surface area contributed by atoms with Gasteiger partial charge in [0.25, 0.3) is 0 Å². The Balaban J connectivity index is 0.00000529. The van der Waals surface area contributed by atoms with Crippen LogP contribution in [-0.4, -0.2) is 212 Å². The van der Waals surface area contributed by atoms with E-state index >= 15 is 0 Å². The van der Waals surface area contributed by atoms with E-state index in [2.05, 4.69) is 0 Å². The molecule has 16 N–H and O–H groups in total. The number of hydrogen-bond donors (Lipinski definition) is 14. The van der Waals surface area contributed by atoms with Gasteiger partial charge < -0.3 is 101 Å². The van der Waals surface area contributed by atoms with Crippen LogP contribution in [0.5, 0.6) is 0 Å². The van der Waals surface area contributed by atoms with Crippen molar-refractivity contribution in [2.24, 2.45) is 0 Å². The summed E-state index contributed by atoms with van der Waals surface area (Å²) in [6.45, 7) is 0.424. The molecule has 20 nitrogen and oxygen atoms in total. The molecule has 44 heavy (non-hydrogen) atoms. The summed E-state index contributed by atoms with van der Waals surface area (Å²) in [4.78, 5) is 0. The van der Waals surface area contributed by atoms with E-state index in [9.17, 15) is 71.5 Å². The first kappa shape index (κ1) is 37.7. The Kier molecular flexibility index (Phi) is 11.8. The van der Waals surface area contributed by atoms with Crippen molar-refractivity contribution in [3.63, 3.8) is 0 Å². The molecule has 20 atom stereocenters. The first-order valence-corrected chi connectivity index (χ1v) is 13.7. The lowest BCUT2D eigenvalue weighted by Gasteiger charge is -2.61. The summed E-state index contributed by atoms with van der Waals surface area (Å²) >= 11 is 0. The summed E-state index contributed by atoms with van der Waals surface area (Å²) in [5, 5.41) is 149. The molecule has 0 amide bonds. The van der Waals surface area contributed by atoms with E-state index in [4.69, 9.17) is 23.7 Å². The van der Waals surface area contributed by atoms with Crippen molar-refractivity contribution in [2.75, 3.05) is 13.2 Å². The molecule has 0 saturated carbocycles. The Hall–Kier alpha value is -0.800. The predicted octanol–water partition coefficient (Wildman–Crippen LogP) is -9.74. The Morgan fingerprint density at radius 1 is 0.568 bits per heavy atom. The van der Waals surface area contributed by atoms with Crippen molar-refractivity contribution in [3.8, 4) is 0 Å². The molecule has 4 fully saturated rings. The van der Waals surface area contributed by atoms with E-state index in [0.29, 0.717) is 0 Å². The standard InChI is InChI=1S/C24H42O19.H2O/c1-5-9(27)12(30)15(33)20(39-5)23(37)19(36)18(42-22-17(35)14(32)11(29)7(3-25)41-22)8(4-26)43-24(23,38)21-16(34)13(31)10(28)6(2)40-21;/h5-22,25-38H,3-4H2,1-2H3;1H2/t5-,6-,7+,8+,9+,10+,11-,12+,13+,14-,15-,16-,17+,18+,19-,20?,21?,22-,23-,24?;/m0./s1. The van der Waals surface area contributed by atoms with Crippen molar-refractivity contribution in [3.05, 3.63) is 0 Å². The highest BCUT2D eigenvalue weighted by atomic mass is 16.7. The van der Waals surface area contributed by atoms with Gasteiger partial charge in [0.1, 0.15) is 91.6 Å². The SMILES string of the molecule is C[C@@H]1OC(C2(O)O[C@H](CO)[C@@H](O[C@@H]3O[C@H](CO)[C@H](O)[C@H](O)[C@H]3O)[C@H](O)[C@]2(O)C2O[C@@H](C)[C@@H](O)[C@@H](O)[C@@H]2O)[C@@H](O)[C@H](O)[C@@H]1O.O. The second kappa shape index (κ2) is 13.7. The minimum atomic E-state index is -3.47. The fraction of sp³-hybridized carbons (Fsp3) is 1.00. The van der Waals surface area contributed by atoms with Gasteiger partial charge in [0.15, 0.2) is 11.9 Å². The van der Waals surface area contributed by atoms with E-state index in [1.165, 1.54) is 13.8 Å². The Morgan fingerprint density at radius 3 is 1.52 bits per heavy atom. The van der Waals surface area contributed by atoms with E-state index in [-0.39, 0.29) is 5.48 Å². The Morgan fingerprint density at radius 2 is 1.02 bits per heavy atom.